The van der Waals surface area contributed by atoms with E-state index in [9.17, 15) is 14.4 Å². The van der Waals surface area contributed by atoms with Gasteiger partial charge in [-0.15, -0.1) is 0 Å². The average Bonchev–Trinajstić information content (AvgIpc) is 3.13. The number of aromatic amines is 1. The average molecular weight is 485 g/mol. The first-order valence-electron chi connectivity index (χ1n) is 11.0. The molecule has 33 heavy (non-hydrogen) atoms. The number of amides is 2. The molecule has 11 heteroatoms. The van der Waals surface area contributed by atoms with Gasteiger partial charge in [0.05, 0.1) is 24.9 Å². The number of esters is 1. The topological polar surface area (TPSA) is 122 Å². The van der Waals surface area contributed by atoms with Crippen LogP contribution in [0.15, 0.2) is 12.3 Å². The predicted molar refractivity (Wildman–Crippen MR) is 129 cm³/mol. The van der Waals surface area contributed by atoms with E-state index in [0.717, 1.165) is 0 Å². The highest BCUT2D eigenvalue weighted by Gasteiger charge is 2.28. The van der Waals surface area contributed by atoms with Gasteiger partial charge >= 0.3 is 18.2 Å². The fourth-order valence-corrected chi connectivity index (χ4v) is 3.26. The highest BCUT2D eigenvalue weighted by Crippen LogP contribution is 2.22. The molecule has 0 saturated carbocycles. The van der Waals surface area contributed by atoms with Gasteiger partial charge in [0.25, 0.3) is 0 Å². The third-order valence-corrected chi connectivity index (χ3v) is 4.43. The van der Waals surface area contributed by atoms with Gasteiger partial charge in [-0.25, -0.2) is 14.4 Å². The van der Waals surface area contributed by atoms with Gasteiger partial charge < -0.3 is 29.4 Å². The van der Waals surface area contributed by atoms with Crippen LogP contribution in [0.1, 0.15) is 65.4 Å². The minimum Gasteiger partial charge on any atom is -0.461 e. The molecule has 0 bridgehead atoms. The number of anilines is 1. The lowest BCUT2D eigenvalue weighted by Gasteiger charge is -2.31. The van der Waals surface area contributed by atoms with Gasteiger partial charge in [0.2, 0.25) is 0 Å². The molecule has 1 aromatic heterocycles. The van der Waals surface area contributed by atoms with Crippen molar-refractivity contribution in [3.63, 3.8) is 0 Å². The van der Waals surface area contributed by atoms with E-state index in [-0.39, 0.29) is 36.5 Å². The lowest BCUT2D eigenvalue weighted by atomic mass is 10.0. The van der Waals surface area contributed by atoms with E-state index < -0.39 is 29.8 Å². The molecule has 0 radical (unpaired) electrons. The summed E-state index contributed by atoms with van der Waals surface area (Å²) in [6.07, 6.45) is 0.871. The van der Waals surface area contributed by atoms with Crippen molar-refractivity contribution in [3.05, 3.63) is 18.0 Å². The number of aromatic nitrogens is 1. The molecule has 1 rings (SSSR count). The lowest BCUT2D eigenvalue weighted by Crippen LogP contribution is -2.51. The fraction of sp³-hybridized carbons (Fsp3) is 0.636. The van der Waals surface area contributed by atoms with Crippen LogP contribution in [0.25, 0.3) is 0 Å². The molecule has 10 nitrogen and oxygen atoms in total. The monoisotopic (exact) mass is 484 g/mol. The molecule has 186 valence electrons. The Morgan fingerprint density at radius 3 is 2.30 bits per heavy atom. The van der Waals surface area contributed by atoms with Crippen molar-refractivity contribution in [2.24, 2.45) is 5.92 Å². The first-order chi connectivity index (χ1) is 15.4. The molecule has 0 fully saturated rings. The third kappa shape index (κ3) is 10.1. The first kappa shape index (κ1) is 28.2. The first-order valence-corrected chi connectivity index (χ1v) is 11.4. The van der Waals surface area contributed by atoms with Crippen LogP contribution in [0.2, 0.25) is 0 Å². The molecule has 2 amide bonds. The Bertz CT molecular complexity index is 818. The van der Waals surface area contributed by atoms with Crippen molar-refractivity contribution in [1.29, 1.82) is 0 Å². The van der Waals surface area contributed by atoms with Crippen molar-refractivity contribution >= 4 is 41.2 Å². The number of hydrogen-bond donors (Lipinski definition) is 3. The van der Waals surface area contributed by atoms with Crippen LogP contribution in [0.3, 0.4) is 0 Å². The summed E-state index contributed by atoms with van der Waals surface area (Å²) >= 11 is 5.46. The molecular weight excluding hydrogens is 448 g/mol. The van der Waals surface area contributed by atoms with E-state index in [1.54, 1.807) is 51.8 Å². The largest absolute Gasteiger partial charge is 0.461 e. The molecule has 0 aliphatic heterocycles. The van der Waals surface area contributed by atoms with E-state index in [4.69, 9.17) is 26.4 Å². The van der Waals surface area contributed by atoms with Crippen molar-refractivity contribution in [1.82, 2.24) is 15.6 Å². The maximum atomic E-state index is 12.5. The number of nitrogens with zero attached hydrogens (tertiary/aromatic N) is 1. The molecular formula is C22H36N4O6S. The van der Waals surface area contributed by atoms with Crippen LogP contribution in [0.5, 0.6) is 0 Å². The summed E-state index contributed by atoms with van der Waals surface area (Å²) < 4.78 is 15.5. The summed E-state index contributed by atoms with van der Waals surface area (Å²) in [5.41, 5.74) is -0.0922. The number of nitrogens with one attached hydrogen (secondary N) is 3. The molecule has 1 aromatic rings. The molecule has 3 N–H and O–H groups in total. The number of thiocarbonyl (C=S) groups is 1. The van der Waals surface area contributed by atoms with Crippen LogP contribution in [-0.2, 0) is 14.2 Å². The Labute approximate surface area is 200 Å². The van der Waals surface area contributed by atoms with Crippen molar-refractivity contribution in [2.75, 3.05) is 24.7 Å². The second-order valence-corrected chi connectivity index (χ2v) is 9.08. The Morgan fingerprint density at radius 2 is 1.76 bits per heavy atom. The van der Waals surface area contributed by atoms with Gasteiger partial charge in [0.15, 0.2) is 5.11 Å². The van der Waals surface area contributed by atoms with Crippen molar-refractivity contribution in [3.8, 4) is 0 Å². The minimum absolute atomic E-state index is 0.0124. The number of carbonyl (C=O) groups is 3. The van der Waals surface area contributed by atoms with E-state index in [2.05, 4.69) is 15.6 Å². The van der Waals surface area contributed by atoms with E-state index >= 15 is 0 Å². The SMILES string of the molecule is CCOC(=O)NC(=S)N(C[C@H](CC(C)C)NC(=O)OC(C)(C)C)c1cc[nH]c1C(=O)OCC. The summed E-state index contributed by atoms with van der Waals surface area (Å²) in [6, 6.07) is 1.23. The summed E-state index contributed by atoms with van der Waals surface area (Å²) in [6.45, 7) is 13.3. The quantitative estimate of drug-likeness (QED) is 0.273. The van der Waals surface area contributed by atoms with Gasteiger partial charge in [-0.3, -0.25) is 5.32 Å². The number of H-pyrrole nitrogens is 1. The highest BCUT2D eigenvalue weighted by molar-refractivity contribution is 7.80. The molecule has 0 aliphatic rings. The summed E-state index contributed by atoms with van der Waals surface area (Å²) in [7, 11) is 0. The lowest BCUT2D eigenvalue weighted by molar-refractivity contribution is 0.0494. The minimum atomic E-state index is -0.721. The standard InChI is InChI=1S/C22H36N4O6S/c1-8-30-18(27)17-16(10-11-23-17)26(19(33)25-20(28)31-9-2)13-15(12-14(3)4)24-21(29)32-22(5,6)7/h10-11,14-15,23H,8-9,12-13H2,1-7H3,(H,24,29)(H,25,28,33)/t15-/m0/s1. The molecule has 0 aromatic carbocycles. The highest BCUT2D eigenvalue weighted by atomic mass is 32.1. The molecule has 0 unspecified atom stereocenters. The molecule has 1 heterocycles. The van der Waals surface area contributed by atoms with Gasteiger partial charge in [0.1, 0.15) is 11.3 Å². The molecule has 0 spiro atoms. The summed E-state index contributed by atoms with van der Waals surface area (Å²) in [5.74, 6) is -0.337. The normalized spacial score (nSPS) is 12.0. The predicted octanol–water partition coefficient (Wildman–Crippen LogP) is 3.97. The molecule has 0 aliphatic carbocycles. The van der Waals surface area contributed by atoms with Crippen LogP contribution in [-0.4, -0.2) is 59.7 Å². The maximum absolute atomic E-state index is 12.5. The van der Waals surface area contributed by atoms with Crippen LogP contribution < -0.4 is 15.5 Å². The fourth-order valence-electron chi connectivity index (χ4n) is 3.01. The van der Waals surface area contributed by atoms with E-state index in [0.29, 0.717) is 12.1 Å². The Balaban J connectivity index is 3.26. The number of ether oxygens (including phenoxy) is 3. The van der Waals surface area contributed by atoms with Gasteiger partial charge in [-0.05, 0) is 65.2 Å². The number of alkyl carbamates (subject to hydrolysis) is 2. The smallest absolute Gasteiger partial charge is 0.413 e. The zero-order chi connectivity index (χ0) is 25.2. The second-order valence-electron chi connectivity index (χ2n) is 8.69. The van der Waals surface area contributed by atoms with Gasteiger partial charge in [-0.2, -0.15) is 0 Å². The zero-order valence-corrected chi connectivity index (χ0v) is 21.3. The number of rotatable bonds is 9. The Hall–Kier alpha value is -2.82. The van der Waals surface area contributed by atoms with Crippen LogP contribution in [0, 0.1) is 5.92 Å². The maximum Gasteiger partial charge on any atom is 0.413 e. The summed E-state index contributed by atoms with van der Waals surface area (Å²) in [4.78, 5) is 41.3. The number of carbonyl (C=O) groups excluding carboxylic acids is 3. The second kappa shape index (κ2) is 13.0. The van der Waals surface area contributed by atoms with Gasteiger partial charge in [0, 0.05) is 12.7 Å². The van der Waals surface area contributed by atoms with Crippen LogP contribution >= 0.6 is 12.2 Å². The van der Waals surface area contributed by atoms with Crippen molar-refractivity contribution < 1.29 is 28.6 Å². The van der Waals surface area contributed by atoms with Gasteiger partial charge in [-0.1, -0.05) is 13.8 Å². The molecule has 1 atom stereocenters. The third-order valence-electron chi connectivity index (χ3n) is 4.10. The van der Waals surface area contributed by atoms with Crippen molar-refractivity contribution in [2.45, 2.75) is 66.5 Å². The van der Waals surface area contributed by atoms with E-state index in [1.165, 1.54) is 0 Å². The number of hydrogen-bond acceptors (Lipinski definition) is 7. The Kier molecular flexibility index (Phi) is 11.1. The Morgan fingerprint density at radius 1 is 1.12 bits per heavy atom. The van der Waals surface area contributed by atoms with Crippen LogP contribution in [0.4, 0.5) is 15.3 Å². The summed E-state index contributed by atoms with van der Waals surface area (Å²) in [5, 5.41) is 5.39. The van der Waals surface area contributed by atoms with E-state index in [1.807, 2.05) is 13.8 Å². The molecule has 0 saturated heterocycles. The zero-order valence-electron chi connectivity index (χ0n) is 20.4.